The molecular weight excluding hydrogens is 412 g/mol. The zero-order chi connectivity index (χ0) is 22.8. The molecule has 1 fully saturated rings. The molecule has 4 rings (SSSR count). The lowest BCUT2D eigenvalue weighted by Gasteiger charge is -2.29. The Morgan fingerprint density at radius 3 is 2.56 bits per heavy atom. The number of nitrogens with two attached hydrogens (primary N) is 1. The number of hydrogen-bond acceptors (Lipinski definition) is 10. The summed E-state index contributed by atoms with van der Waals surface area (Å²) in [5, 5.41) is 35.6. The molecule has 1 saturated carbocycles. The topological polar surface area (TPSA) is 156 Å². The number of phenolic OH excluding ortho intramolecular Hbond substituents is 2. The molecule has 172 valence electrons. The number of ether oxygens (including phenoxy) is 1. The normalized spacial score (nSPS) is 18.8. The highest BCUT2D eigenvalue weighted by molar-refractivity contribution is 5.83. The Kier molecular flexibility index (Phi) is 6.17. The number of benzene rings is 1. The van der Waals surface area contributed by atoms with E-state index >= 15 is 0 Å². The predicted octanol–water partition coefficient (Wildman–Crippen LogP) is 2.52. The molecule has 3 aromatic rings. The zero-order valence-electron chi connectivity index (χ0n) is 18.5. The number of aromatic hydroxyl groups is 2. The number of nitrogens with one attached hydrogen (secondary N) is 2. The molecule has 0 amide bonds. The fourth-order valence-electron chi connectivity index (χ4n) is 3.96. The highest BCUT2D eigenvalue weighted by Crippen LogP contribution is 2.33. The van der Waals surface area contributed by atoms with Gasteiger partial charge < -0.3 is 31.3 Å². The highest BCUT2D eigenvalue weighted by Gasteiger charge is 2.24. The minimum absolute atomic E-state index is 0.0424. The first-order valence-electron chi connectivity index (χ1n) is 10.8. The average molecular weight is 443 g/mol. The van der Waals surface area contributed by atoms with E-state index in [1.54, 1.807) is 4.68 Å². The summed E-state index contributed by atoms with van der Waals surface area (Å²) in [6.07, 6.45) is 4.16. The fraction of sp³-hybridized carbons (Fsp3) is 0.524. The minimum atomic E-state index is -0.0861. The van der Waals surface area contributed by atoms with Gasteiger partial charge in [0.25, 0.3) is 0 Å². The maximum Gasteiger partial charge on any atom is 0.227 e. The van der Waals surface area contributed by atoms with Gasteiger partial charge in [0.2, 0.25) is 5.95 Å². The van der Waals surface area contributed by atoms with Crippen molar-refractivity contribution in [2.45, 2.75) is 64.2 Å². The number of fused-ring (bicyclic) bond motifs is 1. The van der Waals surface area contributed by atoms with Gasteiger partial charge in [-0.15, -0.1) is 5.10 Å². The van der Waals surface area contributed by atoms with E-state index in [1.807, 2.05) is 13.8 Å². The average Bonchev–Trinajstić information content (AvgIpc) is 3.19. The van der Waals surface area contributed by atoms with Crippen LogP contribution in [0.15, 0.2) is 12.1 Å². The van der Waals surface area contributed by atoms with Gasteiger partial charge in [-0.2, -0.15) is 9.97 Å². The molecule has 32 heavy (non-hydrogen) atoms. The number of hydrogen-bond donors (Lipinski definition) is 5. The third-order valence-electron chi connectivity index (χ3n) is 5.79. The summed E-state index contributed by atoms with van der Waals surface area (Å²) in [5.74, 6) is 1.08. The fourth-order valence-corrected chi connectivity index (χ4v) is 3.96. The van der Waals surface area contributed by atoms with Crippen molar-refractivity contribution in [2.24, 2.45) is 5.73 Å². The van der Waals surface area contributed by atoms with Crippen LogP contribution >= 0.6 is 0 Å². The van der Waals surface area contributed by atoms with Crippen molar-refractivity contribution in [2.75, 3.05) is 17.7 Å². The molecule has 0 radical (unpaired) electrons. The van der Waals surface area contributed by atoms with Gasteiger partial charge in [-0.05, 0) is 26.7 Å². The van der Waals surface area contributed by atoms with Gasteiger partial charge in [-0.3, -0.25) is 0 Å². The van der Waals surface area contributed by atoms with E-state index in [2.05, 4.69) is 30.9 Å². The Balaban J connectivity index is 1.67. The quantitative estimate of drug-likeness (QED) is 0.368. The second-order valence-corrected chi connectivity index (χ2v) is 8.39. The molecule has 0 saturated heterocycles. The van der Waals surface area contributed by atoms with Crippen molar-refractivity contribution in [1.29, 1.82) is 0 Å². The number of anilines is 2. The van der Waals surface area contributed by atoms with Gasteiger partial charge in [0, 0.05) is 30.8 Å². The largest absolute Gasteiger partial charge is 0.507 e. The highest BCUT2D eigenvalue weighted by atomic mass is 16.5. The Hall–Kier alpha value is -3.34. The van der Waals surface area contributed by atoms with Crippen molar-refractivity contribution in [3.8, 4) is 17.2 Å². The van der Waals surface area contributed by atoms with Crippen molar-refractivity contribution in [3.63, 3.8) is 0 Å². The van der Waals surface area contributed by atoms with Crippen LogP contribution in [0.5, 0.6) is 17.2 Å². The molecule has 0 bridgehead atoms. The van der Waals surface area contributed by atoms with Crippen molar-refractivity contribution < 1.29 is 14.9 Å². The van der Waals surface area contributed by atoms with Crippen LogP contribution in [0, 0.1) is 0 Å². The van der Waals surface area contributed by atoms with Crippen molar-refractivity contribution in [1.82, 2.24) is 25.0 Å². The molecule has 1 aromatic carbocycles. The second-order valence-electron chi connectivity index (χ2n) is 8.39. The number of phenols is 2. The molecular formula is C21H30N8O3. The molecule has 2 aromatic heterocycles. The molecule has 0 spiro atoms. The Bertz CT molecular complexity index is 1080. The monoisotopic (exact) mass is 442 g/mol. The van der Waals surface area contributed by atoms with E-state index in [4.69, 9.17) is 10.5 Å². The smallest absolute Gasteiger partial charge is 0.227 e. The van der Waals surface area contributed by atoms with Gasteiger partial charge in [0.1, 0.15) is 17.2 Å². The van der Waals surface area contributed by atoms with Crippen LogP contribution < -0.4 is 21.1 Å². The van der Waals surface area contributed by atoms with Crippen LogP contribution in [0.1, 0.15) is 51.1 Å². The molecule has 1 aliphatic carbocycles. The summed E-state index contributed by atoms with van der Waals surface area (Å²) >= 11 is 0. The first-order chi connectivity index (χ1) is 15.4. The summed E-state index contributed by atoms with van der Waals surface area (Å²) in [5.41, 5.74) is 7.71. The first-order valence-corrected chi connectivity index (χ1v) is 10.8. The molecule has 2 atom stereocenters. The van der Waals surface area contributed by atoms with Crippen LogP contribution in [-0.2, 0) is 6.54 Å². The summed E-state index contributed by atoms with van der Waals surface area (Å²) in [4.78, 5) is 9.28. The molecule has 2 unspecified atom stereocenters. The third-order valence-corrected chi connectivity index (χ3v) is 5.79. The maximum absolute atomic E-state index is 10.3. The third kappa shape index (κ3) is 4.33. The van der Waals surface area contributed by atoms with E-state index in [0.717, 1.165) is 25.7 Å². The van der Waals surface area contributed by atoms with Crippen LogP contribution in [0.3, 0.4) is 0 Å². The maximum atomic E-state index is 10.3. The standard InChI is InChI=1S/C21H30N8O3/c1-11(2)29-20-18(27-28-29)19(23-10-13-16(30)8-12(32-3)9-17(13)31)25-21(26-20)24-15-7-5-4-6-14(15)22/h8-9,11,14-15,30-31H,4-7,10,22H2,1-3H3,(H2,23,24,25,26). The summed E-state index contributed by atoms with van der Waals surface area (Å²) in [6, 6.07) is 3.08. The van der Waals surface area contributed by atoms with Gasteiger partial charge >= 0.3 is 0 Å². The van der Waals surface area contributed by atoms with Crippen molar-refractivity contribution >= 4 is 22.9 Å². The van der Waals surface area contributed by atoms with E-state index in [1.165, 1.54) is 19.2 Å². The molecule has 11 nitrogen and oxygen atoms in total. The molecule has 2 heterocycles. The summed E-state index contributed by atoms with van der Waals surface area (Å²) in [6.45, 7) is 4.12. The van der Waals surface area contributed by atoms with E-state index < -0.39 is 0 Å². The number of methoxy groups -OCH3 is 1. The Morgan fingerprint density at radius 1 is 1.19 bits per heavy atom. The van der Waals surface area contributed by atoms with Gasteiger partial charge in [-0.1, -0.05) is 18.1 Å². The minimum Gasteiger partial charge on any atom is -0.507 e. The number of aromatic nitrogens is 5. The van der Waals surface area contributed by atoms with E-state index in [-0.39, 0.29) is 36.2 Å². The van der Waals surface area contributed by atoms with Gasteiger partial charge in [0.15, 0.2) is 17.0 Å². The van der Waals surface area contributed by atoms with Crippen LogP contribution in [0.4, 0.5) is 11.8 Å². The lowest BCUT2D eigenvalue weighted by molar-refractivity contribution is 0.394. The predicted molar refractivity (Wildman–Crippen MR) is 121 cm³/mol. The molecule has 11 heteroatoms. The summed E-state index contributed by atoms with van der Waals surface area (Å²) < 4.78 is 6.81. The van der Waals surface area contributed by atoms with Crippen LogP contribution in [0.25, 0.3) is 11.2 Å². The molecule has 6 N–H and O–H groups in total. The van der Waals surface area contributed by atoms with Crippen molar-refractivity contribution in [3.05, 3.63) is 17.7 Å². The lowest BCUT2D eigenvalue weighted by Crippen LogP contribution is -2.43. The first kappa shape index (κ1) is 21.9. The SMILES string of the molecule is COc1cc(O)c(CNc2nc(NC3CCCCC3N)nc3c2nnn3C(C)C)c(O)c1. The summed E-state index contributed by atoms with van der Waals surface area (Å²) in [7, 11) is 1.47. The van der Waals surface area contributed by atoms with Gasteiger partial charge in [-0.25, -0.2) is 4.68 Å². The number of nitrogens with zero attached hydrogens (tertiary/aromatic N) is 5. The molecule has 0 aliphatic heterocycles. The van der Waals surface area contributed by atoms with E-state index in [0.29, 0.717) is 34.2 Å². The lowest BCUT2D eigenvalue weighted by atomic mass is 9.91. The van der Waals surface area contributed by atoms with Gasteiger partial charge in [0.05, 0.1) is 18.7 Å². The van der Waals surface area contributed by atoms with Crippen LogP contribution in [-0.4, -0.2) is 54.4 Å². The van der Waals surface area contributed by atoms with E-state index in [9.17, 15) is 10.2 Å². The Labute approximate surface area is 186 Å². The zero-order valence-corrected chi connectivity index (χ0v) is 18.5. The second kappa shape index (κ2) is 9.03. The Morgan fingerprint density at radius 2 is 1.91 bits per heavy atom. The number of rotatable bonds is 7. The van der Waals surface area contributed by atoms with Crippen LogP contribution in [0.2, 0.25) is 0 Å². The molecule has 1 aliphatic rings.